The first kappa shape index (κ1) is 17.3. The highest BCUT2D eigenvalue weighted by Gasteiger charge is 2.18. The number of hydrogen-bond donors (Lipinski definition) is 0. The Hall–Kier alpha value is -2.52. The molecule has 0 fully saturated rings. The van der Waals surface area contributed by atoms with Gasteiger partial charge < -0.3 is 14.4 Å². The first-order valence-corrected chi connectivity index (χ1v) is 8.60. The molecule has 0 saturated carbocycles. The van der Waals surface area contributed by atoms with Crippen LogP contribution in [0.5, 0.6) is 11.5 Å². The third-order valence-electron chi connectivity index (χ3n) is 4.52. The largest absolute Gasteiger partial charge is 0.496 e. The Morgan fingerprint density at radius 2 is 1.52 bits per heavy atom. The summed E-state index contributed by atoms with van der Waals surface area (Å²) in [5, 5.41) is 2.36. The van der Waals surface area contributed by atoms with Crippen LogP contribution in [0.2, 0.25) is 0 Å². The summed E-state index contributed by atoms with van der Waals surface area (Å²) in [6, 6.07) is 22.9. The van der Waals surface area contributed by atoms with Gasteiger partial charge in [0.15, 0.2) is 0 Å². The standard InChI is InChI=1S/C22H25NO2/c1-23(2)20(19-12-6-7-13-21(19)24-3)15-16-25-22-14-8-10-17-9-4-5-11-18(17)22/h4-14,20H,15-16H2,1-3H3. The highest BCUT2D eigenvalue weighted by molar-refractivity contribution is 5.88. The van der Waals surface area contributed by atoms with Crippen molar-refractivity contribution in [2.45, 2.75) is 12.5 Å². The number of ether oxygens (including phenoxy) is 2. The summed E-state index contributed by atoms with van der Waals surface area (Å²) < 4.78 is 11.7. The molecule has 0 saturated heterocycles. The zero-order valence-corrected chi connectivity index (χ0v) is 15.1. The summed E-state index contributed by atoms with van der Waals surface area (Å²) in [7, 11) is 5.90. The number of benzene rings is 3. The van der Waals surface area contributed by atoms with E-state index in [4.69, 9.17) is 9.47 Å². The third kappa shape index (κ3) is 3.94. The molecule has 3 heteroatoms. The molecule has 3 aromatic rings. The average Bonchev–Trinajstić information content (AvgIpc) is 2.65. The predicted molar refractivity (Wildman–Crippen MR) is 103 cm³/mol. The van der Waals surface area contributed by atoms with E-state index < -0.39 is 0 Å². The smallest absolute Gasteiger partial charge is 0.127 e. The summed E-state index contributed by atoms with van der Waals surface area (Å²) in [6.45, 7) is 0.648. The maximum Gasteiger partial charge on any atom is 0.127 e. The van der Waals surface area contributed by atoms with Gasteiger partial charge in [-0.05, 0) is 31.6 Å². The van der Waals surface area contributed by atoms with Crippen LogP contribution in [0.4, 0.5) is 0 Å². The van der Waals surface area contributed by atoms with Gasteiger partial charge in [-0.2, -0.15) is 0 Å². The van der Waals surface area contributed by atoms with Crippen molar-refractivity contribution >= 4 is 10.8 Å². The van der Waals surface area contributed by atoms with Crippen LogP contribution >= 0.6 is 0 Å². The van der Waals surface area contributed by atoms with Gasteiger partial charge in [-0.15, -0.1) is 0 Å². The molecule has 1 unspecified atom stereocenters. The summed E-state index contributed by atoms with van der Waals surface area (Å²) in [5.41, 5.74) is 1.19. The van der Waals surface area contributed by atoms with Gasteiger partial charge in [0.2, 0.25) is 0 Å². The number of methoxy groups -OCH3 is 1. The van der Waals surface area contributed by atoms with E-state index in [0.717, 1.165) is 23.3 Å². The molecule has 0 radical (unpaired) electrons. The lowest BCUT2D eigenvalue weighted by molar-refractivity contribution is 0.221. The van der Waals surface area contributed by atoms with Gasteiger partial charge in [-0.3, -0.25) is 0 Å². The molecule has 3 rings (SSSR count). The molecule has 130 valence electrons. The molecule has 25 heavy (non-hydrogen) atoms. The Bertz CT molecular complexity index is 824. The van der Waals surface area contributed by atoms with Gasteiger partial charge in [0, 0.05) is 23.4 Å². The molecule has 3 nitrogen and oxygen atoms in total. The van der Waals surface area contributed by atoms with Crippen molar-refractivity contribution in [3.63, 3.8) is 0 Å². The van der Waals surface area contributed by atoms with Gasteiger partial charge >= 0.3 is 0 Å². The van der Waals surface area contributed by atoms with Crippen molar-refractivity contribution in [2.24, 2.45) is 0 Å². The molecule has 0 bridgehead atoms. The Morgan fingerprint density at radius 1 is 0.840 bits per heavy atom. The van der Waals surface area contributed by atoms with Crippen molar-refractivity contribution < 1.29 is 9.47 Å². The number of para-hydroxylation sites is 1. The molecule has 0 N–H and O–H groups in total. The van der Waals surface area contributed by atoms with E-state index in [9.17, 15) is 0 Å². The molecule has 0 heterocycles. The van der Waals surface area contributed by atoms with E-state index >= 15 is 0 Å². The van der Waals surface area contributed by atoms with Crippen molar-refractivity contribution in [3.8, 4) is 11.5 Å². The normalized spacial score (nSPS) is 12.3. The summed E-state index contributed by atoms with van der Waals surface area (Å²) in [5.74, 6) is 1.86. The molecular weight excluding hydrogens is 310 g/mol. The number of fused-ring (bicyclic) bond motifs is 1. The first-order chi connectivity index (χ1) is 12.2. The van der Waals surface area contributed by atoms with E-state index in [2.05, 4.69) is 55.4 Å². The maximum absolute atomic E-state index is 6.13. The molecule has 0 spiro atoms. The average molecular weight is 335 g/mol. The zero-order chi connectivity index (χ0) is 17.6. The lowest BCUT2D eigenvalue weighted by atomic mass is 10.0. The van der Waals surface area contributed by atoms with Gasteiger partial charge in [0.05, 0.1) is 13.7 Å². The number of nitrogens with zero attached hydrogens (tertiary/aromatic N) is 1. The SMILES string of the molecule is COc1ccccc1C(CCOc1cccc2ccccc12)N(C)C. The number of hydrogen-bond acceptors (Lipinski definition) is 3. The van der Waals surface area contributed by atoms with Gasteiger partial charge in [-0.25, -0.2) is 0 Å². The highest BCUT2D eigenvalue weighted by Crippen LogP contribution is 2.31. The van der Waals surface area contributed by atoms with Crippen molar-refractivity contribution in [2.75, 3.05) is 27.8 Å². The van der Waals surface area contributed by atoms with Crippen LogP contribution in [-0.4, -0.2) is 32.7 Å². The van der Waals surface area contributed by atoms with Crippen molar-refractivity contribution in [3.05, 3.63) is 72.3 Å². The van der Waals surface area contributed by atoms with E-state index in [1.807, 2.05) is 30.3 Å². The second-order valence-electron chi connectivity index (χ2n) is 6.34. The Labute approximate surface area is 149 Å². The molecular formula is C22H25NO2. The van der Waals surface area contributed by atoms with Crippen LogP contribution in [-0.2, 0) is 0 Å². The third-order valence-corrected chi connectivity index (χ3v) is 4.52. The minimum absolute atomic E-state index is 0.242. The first-order valence-electron chi connectivity index (χ1n) is 8.60. The predicted octanol–water partition coefficient (Wildman–Crippen LogP) is 4.92. The molecule has 0 aliphatic carbocycles. The summed E-state index contributed by atoms with van der Waals surface area (Å²) in [4.78, 5) is 2.21. The van der Waals surface area contributed by atoms with E-state index in [1.54, 1.807) is 7.11 Å². The van der Waals surface area contributed by atoms with Crippen LogP contribution in [0.25, 0.3) is 10.8 Å². The molecule has 0 aliphatic rings. The van der Waals surface area contributed by atoms with E-state index in [0.29, 0.717) is 6.61 Å². The molecule has 3 aromatic carbocycles. The Morgan fingerprint density at radius 3 is 2.32 bits per heavy atom. The summed E-state index contributed by atoms with van der Waals surface area (Å²) >= 11 is 0. The van der Waals surface area contributed by atoms with Crippen molar-refractivity contribution in [1.29, 1.82) is 0 Å². The fraction of sp³-hybridized carbons (Fsp3) is 0.273. The fourth-order valence-electron chi connectivity index (χ4n) is 3.24. The zero-order valence-electron chi connectivity index (χ0n) is 15.1. The van der Waals surface area contributed by atoms with E-state index in [-0.39, 0.29) is 6.04 Å². The molecule has 0 aliphatic heterocycles. The maximum atomic E-state index is 6.13. The fourth-order valence-corrected chi connectivity index (χ4v) is 3.24. The van der Waals surface area contributed by atoms with Crippen LogP contribution < -0.4 is 9.47 Å². The van der Waals surface area contributed by atoms with Crippen LogP contribution in [0, 0.1) is 0 Å². The van der Waals surface area contributed by atoms with Crippen LogP contribution in [0.3, 0.4) is 0 Å². The number of rotatable bonds is 7. The second-order valence-corrected chi connectivity index (χ2v) is 6.34. The topological polar surface area (TPSA) is 21.7 Å². The minimum Gasteiger partial charge on any atom is -0.496 e. The summed E-state index contributed by atoms with van der Waals surface area (Å²) in [6.07, 6.45) is 0.886. The quantitative estimate of drug-likeness (QED) is 0.612. The second kappa shape index (κ2) is 8.04. The Kier molecular flexibility index (Phi) is 5.56. The van der Waals surface area contributed by atoms with Crippen molar-refractivity contribution in [1.82, 2.24) is 4.90 Å². The molecule has 0 amide bonds. The van der Waals surface area contributed by atoms with Crippen LogP contribution in [0.15, 0.2) is 66.7 Å². The molecule has 1 atom stereocenters. The monoisotopic (exact) mass is 335 g/mol. The minimum atomic E-state index is 0.242. The lowest BCUT2D eigenvalue weighted by Crippen LogP contribution is -2.22. The van der Waals surface area contributed by atoms with Gasteiger partial charge in [0.25, 0.3) is 0 Å². The van der Waals surface area contributed by atoms with Crippen LogP contribution in [0.1, 0.15) is 18.0 Å². The lowest BCUT2D eigenvalue weighted by Gasteiger charge is -2.26. The van der Waals surface area contributed by atoms with Gasteiger partial charge in [-0.1, -0.05) is 54.6 Å². The van der Waals surface area contributed by atoms with Gasteiger partial charge in [0.1, 0.15) is 11.5 Å². The van der Waals surface area contributed by atoms with E-state index in [1.165, 1.54) is 10.9 Å². The highest BCUT2D eigenvalue weighted by atomic mass is 16.5. The Balaban J connectivity index is 1.74. The molecule has 0 aromatic heterocycles.